The summed E-state index contributed by atoms with van der Waals surface area (Å²) in [7, 11) is 0. The highest BCUT2D eigenvalue weighted by Gasteiger charge is 2.44. The molecule has 0 aliphatic carbocycles. The van der Waals surface area contributed by atoms with E-state index in [1.54, 1.807) is 12.1 Å². The fourth-order valence-corrected chi connectivity index (χ4v) is 2.45. The monoisotopic (exact) mass is 291 g/mol. The van der Waals surface area contributed by atoms with E-state index in [4.69, 9.17) is 11.6 Å². The number of alkyl halides is 4. The number of amides is 1. The van der Waals surface area contributed by atoms with Crippen molar-refractivity contribution in [3.05, 3.63) is 29.3 Å². The highest BCUT2D eigenvalue weighted by Crippen LogP contribution is 2.32. The van der Waals surface area contributed by atoms with Gasteiger partial charge >= 0.3 is 12.1 Å². The average Bonchev–Trinajstić information content (AvgIpc) is 2.68. The van der Waals surface area contributed by atoms with E-state index in [0.29, 0.717) is 18.5 Å². The van der Waals surface area contributed by atoms with Gasteiger partial charge in [-0.15, -0.1) is 11.6 Å². The fraction of sp³-hybridized carbons (Fsp3) is 0.462. The van der Waals surface area contributed by atoms with Crippen LogP contribution in [-0.4, -0.2) is 24.0 Å². The topological polar surface area (TPSA) is 20.3 Å². The lowest BCUT2D eigenvalue weighted by Crippen LogP contribution is -2.40. The first kappa shape index (κ1) is 14.2. The van der Waals surface area contributed by atoms with Crippen molar-refractivity contribution in [3.63, 3.8) is 0 Å². The molecular weight excluding hydrogens is 279 g/mol. The number of nitrogens with zero attached hydrogens (tertiary/aromatic N) is 1. The SMILES string of the molecule is CC(Cl)Cc1ccc2c(c1)CCN2C(=O)C(F)(F)F. The number of fused-ring (bicyclic) bond motifs is 1. The number of carbonyl (C=O) groups is 1. The molecule has 1 aromatic carbocycles. The summed E-state index contributed by atoms with van der Waals surface area (Å²) in [5.74, 6) is -1.80. The van der Waals surface area contributed by atoms with Gasteiger partial charge in [-0.3, -0.25) is 4.79 Å². The molecule has 0 aromatic heterocycles. The maximum Gasteiger partial charge on any atom is 0.471 e. The summed E-state index contributed by atoms with van der Waals surface area (Å²) in [6, 6.07) is 5.12. The highest BCUT2D eigenvalue weighted by molar-refractivity contribution is 6.20. The van der Waals surface area contributed by atoms with E-state index < -0.39 is 12.1 Å². The first-order valence-corrected chi connectivity index (χ1v) is 6.37. The molecule has 0 N–H and O–H groups in total. The van der Waals surface area contributed by atoms with Crippen LogP contribution in [0.3, 0.4) is 0 Å². The van der Waals surface area contributed by atoms with E-state index in [9.17, 15) is 18.0 Å². The minimum absolute atomic E-state index is 0.0348. The molecule has 0 spiro atoms. The Hall–Kier alpha value is -1.23. The van der Waals surface area contributed by atoms with Gasteiger partial charge in [0.2, 0.25) is 0 Å². The quantitative estimate of drug-likeness (QED) is 0.766. The lowest BCUT2D eigenvalue weighted by atomic mass is 10.0. The second kappa shape index (κ2) is 5.04. The predicted molar refractivity (Wildman–Crippen MR) is 67.6 cm³/mol. The van der Waals surface area contributed by atoms with E-state index in [1.165, 1.54) is 0 Å². The molecule has 1 aliphatic heterocycles. The van der Waals surface area contributed by atoms with Gasteiger partial charge in [0.1, 0.15) is 0 Å². The Morgan fingerprint density at radius 3 is 2.74 bits per heavy atom. The molecule has 1 aliphatic rings. The normalized spacial score (nSPS) is 16.4. The molecule has 2 rings (SSSR count). The van der Waals surface area contributed by atoms with E-state index >= 15 is 0 Å². The van der Waals surface area contributed by atoms with Crippen molar-refractivity contribution in [2.45, 2.75) is 31.3 Å². The van der Waals surface area contributed by atoms with Crippen LogP contribution >= 0.6 is 11.6 Å². The van der Waals surface area contributed by atoms with Crippen molar-refractivity contribution in [2.24, 2.45) is 0 Å². The molecule has 0 saturated heterocycles. The Kier molecular flexibility index (Phi) is 3.76. The summed E-state index contributed by atoms with van der Waals surface area (Å²) in [5.41, 5.74) is 2.10. The van der Waals surface area contributed by atoms with Crippen LogP contribution in [0.25, 0.3) is 0 Å². The number of rotatable bonds is 2. The first-order chi connectivity index (χ1) is 8.79. The maximum absolute atomic E-state index is 12.4. The van der Waals surface area contributed by atoms with Crippen molar-refractivity contribution in [1.82, 2.24) is 0 Å². The molecule has 19 heavy (non-hydrogen) atoms. The fourth-order valence-electron chi connectivity index (χ4n) is 2.27. The number of hydrogen-bond acceptors (Lipinski definition) is 1. The van der Waals surface area contributed by atoms with Crippen LogP contribution in [0.1, 0.15) is 18.1 Å². The van der Waals surface area contributed by atoms with E-state index in [2.05, 4.69) is 0 Å². The number of halogens is 4. The lowest BCUT2D eigenvalue weighted by molar-refractivity contribution is -0.170. The summed E-state index contributed by atoms with van der Waals surface area (Å²) in [5, 5.41) is -0.0348. The molecule has 1 amide bonds. The van der Waals surface area contributed by atoms with E-state index in [1.807, 2.05) is 13.0 Å². The lowest BCUT2D eigenvalue weighted by Gasteiger charge is -2.19. The molecule has 1 unspecified atom stereocenters. The summed E-state index contributed by atoms with van der Waals surface area (Å²) in [4.78, 5) is 12.1. The number of hydrogen-bond donors (Lipinski definition) is 0. The van der Waals surface area contributed by atoms with Gasteiger partial charge in [-0.05, 0) is 37.0 Å². The maximum atomic E-state index is 12.4. The minimum atomic E-state index is -4.83. The minimum Gasteiger partial charge on any atom is -0.304 e. The van der Waals surface area contributed by atoms with Crippen LogP contribution < -0.4 is 4.90 Å². The van der Waals surface area contributed by atoms with Gasteiger partial charge in [0, 0.05) is 17.6 Å². The van der Waals surface area contributed by atoms with Crippen molar-refractivity contribution < 1.29 is 18.0 Å². The van der Waals surface area contributed by atoms with Crippen molar-refractivity contribution in [1.29, 1.82) is 0 Å². The first-order valence-electron chi connectivity index (χ1n) is 5.93. The molecular formula is C13H13ClF3NO. The van der Waals surface area contributed by atoms with Gasteiger partial charge in [-0.25, -0.2) is 0 Å². The second-order valence-electron chi connectivity index (χ2n) is 4.65. The number of anilines is 1. The largest absolute Gasteiger partial charge is 0.471 e. The van der Waals surface area contributed by atoms with Crippen LogP contribution in [0.2, 0.25) is 0 Å². The average molecular weight is 292 g/mol. The Balaban J connectivity index is 2.25. The van der Waals surface area contributed by atoms with E-state index in [-0.39, 0.29) is 11.9 Å². The third-order valence-electron chi connectivity index (χ3n) is 3.04. The van der Waals surface area contributed by atoms with E-state index in [0.717, 1.165) is 16.0 Å². The zero-order chi connectivity index (χ0) is 14.2. The Morgan fingerprint density at radius 2 is 2.16 bits per heavy atom. The summed E-state index contributed by atoms with van der Waals surface area (Å²) in [6.45, 7) is 1.93. The molecule has 1 aromatic rings. The Bertz CT molecular complexity index is 499. The van der Waals surface area contributed by atoms with Crippen LogP contribution in [-0.2, 0) is 17.6 Å². The summed E-state index contributed by atoms with van der Waals surface area (Å²) >= 11 is 5.89. The number of carbonyl (C=O) groups excluding carboxylic acids is 1. The predicted octanol–water partition coefficient (Wildman–Crippen LogP) is 3.31. The third-order valence-corrected chi connectivity index (χ3v) is 3.20. The smallest absolute Gasteiger partial charge is 0.304 e. The van der Waals surface area contributed by atoms with Gasteiger partial charge < -0.3 is 4.90 Å². The van der Waals surface area contributed by atoms with Crippen LogP contribution in [0, 0.1) is 0 Å². The molecule has 1 atom stereocenters. The van der Waals surface area contributed by atoms with Crippen LogP contribution in [0.4, 0.5) is 18.9 Å². The second-order valence-corrected chi connectivity index (χ2v) is 5.40. The summed E-state index contributed by atoms with van der Waals surface area (Å²) < 4.78 is 37.3. The molecule has 0 saturated carbocycles. The molecule has 6 heteroatoms. The summed E-state index contributed by atoms with van der Waals surface area (Å²) in [6.07, 6.45) is -3.73. The van der Waals surface area contributed by atoms with Crippen LogP contribution in [0.15, 0.2) is 18.2 Å². The zero-order valence-corrected chi connectivity index (χ0v) is 11.1. The molecule has 104 valence electrons. The molecule has 0 bridgehead atoms. The Labute approximate surface area is 114 Å². The van der Waals surface area contributed by atoms with Gasteiger partial charge in [-0.2, -0.15) is 13.2 Å². The molecule has 0 fully saturated rings. The third kappa shape index (κ3) is 3.03. The van der Waals surface area contributed by atoms with Gasteiger partial charge in [0.15, 0.2) is 0 Å². The zero-order valence-electron chi connectivity index (χ0n) is 10.3. The van der Waals surface area contributed by atoms with Gasteiger partial charge in [0.05, 0.1) is 0 Å². The standard InChI is InChI=1S/C13H13ClF3NO/c1-8(14)6-9-2-3-11-10(7-9)4-5-18(11)12(19)13(15,16)17/h2-3,7-8H,4-6H2,1H3. The van der Waals surface area contributed by atoms with Crippen LogP contribution in [0.5, 0.6) is 0 Å². The molecule has 0 radical (unpaired) electrons. The highest BCUT2D eigenvalue weighted by atomic mass is 35.5. The van der Waals surface area contributed by atoms with Gasteiger partial charge in [0.25, 0.3) is 0 Å². The molecule has 1 heterocycles. The van der Waals surface area contributed by atoms with Crippen molar-refractivity contribution >= 4 is 23.2 Å². The number of benzene rings is 1. The van der Waals surface area contributed by atoms with Gasteiger partial charge in [-0.1, -0.05) is 12.1 Å². The Morgan fingerprint density at radius 1 is 1.47 bits per heavy atom. The van der Waals surface area contributed by atoms with Crippen molar-refractivity contribution in [3.8, 4) is 0 Å². The molecule has 2 nitrogen and oxygen atoms in total. The van der Waals surface area contributed by atoms with Crippen molar-refractivity contribution in [2.75, 3.05) is 11.4 Å².